The van der Waals surface area contributed by atoms with Gasteiger partial charge < -0.3 is 29.8 Å². The van der Waals surface area contributed by atoms with E-state index in [0.29, 0.717) is 18.7 Å². The van der Waals surface area contributed by atoms with Crippen molar-refractivity contribution in [3.8, 4) is 0 Å². The van der Waals surface area contributed by atoms with Gasteiger partial charge in [-0.1, -0.05) is 39.8 Å². The first-order valence-corrected chi connectivity index (χ1v) is 13.8. The summed E-state index contributed by atoms with van der Waals surface area (Å²) in [7, 11) is 1.62. The molecule has 0 aliphatic carbocycles. The molecule has 0 aromatic rings. The maximum Gasteiger partial charge on any atom is 0.316 e. The second kappa shape index (κ2) is 13.0. The molecule has 2 heterocycles. The van der Waals surface area contributed by atoms with Crippen molar-refractivity contribution >= 4 is 17.5 Å². The molecule has 0 aromatic heterocycles. The smallest absolute Gasteiger partial charge is 0.316 e. The van der Waals surface area contributed by atoms with Crippen LogP contribution in [0, 0.1) is 29.6 Å². The van der Waals surface area contributed by atoms with E-state index in [9.17, 15) is 19.8 Å². The number of ether oxygens (including phenoxy) is 2. The van der Waals surface area contributed by atoms with Crippen LogP contribution in [0.2, 0.25) is 0 Å². The monoisotopic (exact) mass is 526 g/mol. The highest BCUT2D eigenvalue weighted by Crippen LogP contribution is 2.38. The van der Waals surface area contributed by atoms with Gasteiger partial charge in [0.25, 0.3) is 0 Å². The lowest BCUT2D eigenvalue weighted by molar-refractivity contribution is -0.187. The number of piperidine rings is 1. The van der Waals surface area contributed by atoms with E-state index in [1.54, 1.807) is 21.0 Å². The Bertz CT molecular complexity index is 810. The largest absolute Gasteiger partial charge is 0.459 e. The molecule has 0 radical (unpaired) electrons. The van der Waals surface area contributed by atoms with Crippen molar-refractivity contribution < 1.29 is 34.1 Å². The summed E-state index contributed by atoms with van der Waals surface area (Å²) in [6.45, 7) is 16.0. The maximum absolute atomic E-state index is 13.3. The van der Waals surface area contributed by atoms with Crippen LogP contribution in [0.5, 0.6) is 0 Å². The van der Waals surface area contributed by atoms with Gasteiger partial charge >= 0.3 is 5.97 Å². The molecule has 1 unspecified atom stereocenters. The number of esters is 1. The number of aliphatic hydroxyl groups is 2. The zero-order valence-electron chi connectivity index (χ0n) is 24.2. The fourth-order valence-corrected chi connectivity index (χ4v) is 5.84. The van der Waals surface area contributed by atoms with Crippen molar-refractivity contribution in [2.75, 3.05) is 20.2 Å². The molecule has 2 saturated heterocycles. The normalized spacial score (nSPS) is 44.2. The number of oxime groups is 1. The molecule has 2 aliphatic heterocycles. The van der Waals surface area contributed by atoms with Crippen LogP contribution in [0.25, 0.3) is 0 Å². The average Bonchev–Trinajstić information content (AvgIpc) is 2.88. The van der Waals surface area contributed by atoms with Gasteiger partial charge in [-0.15, -0.1) is 0 Å². The molecule has 2 rings (SSSR count). The van der Waals surface area contributed by atoms with Gasteiger partial charge in [-0.25, -0.2) is 0 Å². The Balaban J connectivity index is 2.57. The Morgan fingerprint density at radius 1 is 1.14 bits per heavy atom. The van der Waals surface area contributed by atoms with Crippen molar-refractivity contribution in [1.82, 2.24) is 5.32 Å². The number of aliphatic hydroxyl groups excluding tert-OH is 1. The molecular formula is C28H50N2O7. The van der Waals surface area contributed by atoms with Crippen LogP contribution in [0.1, 0.15) is 81.1 Å². The number of hydrogen-bond acceptors (Lipinski definition) is 9. The highest BCUT2D eigenvalue weighted by atomic mass is 16.6. The molecule has 3 N–H and O–H groups in total. The summed E-state index contributed by atoms with van der Waals surface area (Å²) in [5.74, 6) is -3.46. The van der Waals surface area contributed by atoms with Gasteiger partial charge in [-0.2, -0.15) is 0 Å². The van der Waals surface area contributed by atoms with E-state index in [1.807, 2.05) is 27.7 Å². The van der Waals surface area contributed by atoms with Gasteiger partial charge in [-0.05, 0) is 58.9 Å². The predicted molar refractivity (Wildman–Crippen MR) is 142 cm³/mol. The quantitative estimate of drug-likeness (QED) is 0.290. The maximum atomic E-state index is 13.3. The number of ketones is 1. The minimum absolute atomic E-state index is 0.0809. The van der Waals surface area contributed by atoms with Crippen LogP contribution < -0.4 is 5.32 Å². The summed E-state index contributed by atoms with van der Waals surface area (Å²) in [5.41, 5.74) is -1.92. The SMILES string of the molecule is CC[C@H]1OC(=O)[C@H](C)C(=O)[C@H](C)[C@@H](C)[C@](C)(OC)C[C@@H](C)/C(=N\OC2CCCNC2)[C@H](C)[C@@H](O)[C@]1(C)O. The highest BCUT2D eigenvalue weighted by Gasteiger charge is 2.48. The first-order valence-electron chi connectivity index (χ1n) is 13.8. The first kappa shape index (κ1) is 31.7. The number of nitrogens with one attached hydrogen (secondary N) is 1. The Labute approximate surface area is 222 Å². The highest BCUT2D eigenvalue weighted by molar-refractivity contribution is 5.99. The van der Waals surface area contributed by atoms with E-state index in [4.69, 9.17) is 14.3 Å². The third kappa shape index (κ3) is 7.11. The Kier molecular flexibility index (Phi) is 11.1. The molecule has 37 heavy (non-hydrogen) atoms. The number of methoxy groups -OCH3 is 1. The third-order valence-corrected chi connectivity index (χ3v) is 9.00. The molecule has 0 bridgehead atoms. The minimum Gasteiger partial charge on any atom is -0.459 e. The molecule has 9 nitrogen and oxygen atoms in total. The third-order valence-electron chi connectivity index (χ3n) is 9.00. The molecule has 214 valence electrons. The molecular weight excluding hydrogens is 476 g/mol. The van der Waals surface area contributed by atoms with E-state index in [0.717, 1.165) is 19.4 Å². The van der Waals surface area contributed by atoms with E-state index in [2.05, 4.69) is 10.5 Å². The second-order valence-electron chi connectivity index (χ2n) is 11.7. The van der Waals surface area contributed by atoms with Gasteiger partial charge in [0.1, 0.15) is 29.5 Å². The molecule has 2 fully saturated rings. The summed E-state index contributed by atoms with van der Waals surface area (Å²) in [6.07, 6.45) is 0.247. The fraction of sp³-hybridized carbons (Fsp3) is 0.893. The number of cyclic esters (lactones) is 1. The Morgan fingerprint density at radius 3 is 2.32 bits per heavy atom. The molecule has 10 atom stereocenters. The Morgan fingerprint density at radius 2 is 1.78 bits per heavy atom. The number of carbonyl (C=O) groups excluding carboxylic acids is 2. The molecule has 0 saturated carbocycles. The minimum atomic E-state index is -1.78. The fourth-order valence-electron chi connectivity index (χ4n) is 5.84. The zero-order chi connectivity index (χ0) is 28.1. The van der Waals surface area contributed by atoms with Crippen LogP contribution in [0.3, 0.4) is 0 Å². The zero-order valence-corrected chi connectivity index (χ0v) is 24.2. The summed E-state index contributed by atoms with van der Waals surface area (Å²) in [5, 5.41) is 30.8. The summed E-state index contributed by atoms with van der Waals surface area (Å²) in [4.78, 5) is 32.3. The predicted octanol–water partition coefficient (Wildman–Crippen LogP) is 3.10. The van der Waals surface area contributed by atoms with E-state index in [-0.39, 0.29) is 30.1 Å². The standard InChI is InChI=1S/C28H50N2O7/c1-10-22-28(8,34)25(32)18(4)23(30-37-21-12-11-13-29-15-21)16(2)14-27(7,35-9)20(6)17(3)24(31)19(5)26(33)36-22/h16-22,25,29,32,34H,10-15H2,1-9H3/b30-23+/t16-,17-,18+,19-,20-,21?,22-,25-,27-,28-/m1/s1. The van der Waals surface area contributed by atoms with Gasteiger partial charge in [-0.3, -0.25) is 9.59 Å². The van der Waals surface area contributed by atoms with Crippen molar-refractivity contribution in [3.63, 3.8) is 0 Å². The lowest BCUT2D eigenvalue weighted by Gasteiger charge is -2.43. The van der Waals surface area contributed by atoms with E-state index < -0.39 is 47.1 Å². The van der Waals surface area contributed by atoms with Gasteiger partial charge in [0.05, 0.1) is 17.4 Å². The van der Waals surface area contributed by atoms with Crippen LogP contribution in [-0.2, 0) is 23.9 Å². The average molecular weight is 527 g/mol. The number of carbonyl (C=O) groups is 2. The van der Waals surface area contributed by atoms with Crippen molar-refractivity contribution in [3.05, 3.63) is 0 Å². The van der Waals surface area contributed by atoms with Gasteiger partial charge in [0.15, 0.2) is 0 Å². The van der Waals surface area contributed by atoms with Crippen LogP contribution in [0.4, 0.5) is 0 Å². The Hall–Kier alpha value is -1.55. The lowest BCUT2D eigenvalue weighted by atomic mass is 9.71. The molecule has 0 aromatic carbocycles. The van der Waals surface area contributed by atoms with E-state index >= 15 is 0 Å². The molecule has 9 heteroatoms. The van der Waals surface area contributed by atoms with Crippen molar-refractivity contribution in [2.45, 2.75) is 111 Å². The number of rotatable bonds is 4. The van der Waals surface area contributed by atoms with Crippen LogP contribution >= 0.6 is 0 Å². The van der Waals surface area contributed by atoms with Gasteiger partial charge in [0.2, 0.25) is 0 Å². The molecule has 0 spiro atoms. The number of hydrogen-bond donors (Lipinski definition) is 3. The summed E-state index contributed by atoms with van der Waals surface area (Å²) < 4.78 is 11.7. The van der Waals surface area contributed by atoms with E-state index in [1.165, 1.54) is 13.8 Å². The number of nitrogens with zero attached hydrogens (tertiary/aromatic N) is 1. The molecule has 2 aliphatic rings. The number of Topliss-reactive ketones (excluding diaryl/α,β-unsaturated/α-hetero) is 1. The van der Waals surface area contributed by atoms with Crippen LogP contribution in [-0.4, -0.2) is 77.4 Å². The second-order valence-corrected chi connectivity index (χ2v) is 11.7. The summed E-state index contributed by atoms with van der Waals surface area (Å²) in [6, 6.07) is 0. The van der Waals surface area contributed by atoms with Crippen molar-refractivity contribution in [1.29, 1.82) is 0 Å². The van der Waals surface area contributed by atoms with Crippen molar-refractivity contribution in [2.24, 2.45) is 34.7 Å². The lowest BCUT2D eigenvalue weighted by Crippen LogP contribution is -2.56. The topological polar surface area (TPSA) is 127 Å². The molecule has 0 amide bonds. The first-order chi connectivity index (χ1) is 17.2. The van der Waals surface area contributed by atoms with Gasteiger partial charge in [0, 0.05) is 31.4 Å². The van der Waals surface area contributed by atoms with Crippen LogP contribution in [0.15, 0.2) is 5.16 Å². The summed E-state index contributed by atoms with van der Waals surface area (Å²) >= 11 is 0.